The highest BCUT2D eigenvalue weighted by atomic mass is 16.5. The number of nitrogens with one attached hydrogen (secondary N) is 2. The number of amides is 2. The molecule has 8 N–H and O–H groups in total. The molecular formula is C28H33N5O6. The Balaban J connectivity index is 2.02. The summed E-state index contributed by atoms with van der Waals surface area (Å²) in [5.41, 5.74) is 12.2. The molecule has 11 heteroatoms. The Bertz CT molecular complexity index is 1370. The van der Waals surface area contributed by atoms with Crippen LogP contribution in [0, 0.1) is 5.41 Å². The monoisotopic (exact) mass is 535 g/mol. The van der Waals surface area contributed by atoms with Crippen molar-refractivity contribution in [1.82, 2.24) is 10.3 Å². The first-order valence-corrected chi connectivity index (χ1v) is 12.1. The van der Waals surface area contributed by atoms with E-state index in [4.69, 9.17) is 16.2 Å². The van der Waals surface area contributed by atoms with Gasteiger partial charge in [-0.2, -0.15) is 0 Å². The first-order chi connectivity index (χ1) is 18.3. The van der Waals surface area contributed by atoms with E-state index in [0.717, 1.165) is 0 Å². The number of aliphatic hydroxyl groups excluding tert-OH is 1. The number of ether oxygens (including phenoxy) is 1. The lowest BCUT2D eigenvalue weighted by molar-refractivity contribution is 0.0697. The number of anilines is 1. The lowest BCUT2D eigenvalue weighted by atomic mass is 9.87. The second-order valence-electron chi connectivity index (χ2n) is 9.99. The second-order valence-corrected chi connectivity index (χ2v) is 9.99. The molecule has 3 aromatic rings. The summed E-state index contributed by atoms with van der Waals surface area (Å²) in [6, 6.07) is 13.2. The van der Waals surface area contributed by atoms with Gasteiger partial charge in [-0.1, -0.05) is 39.0 Å². The molecular weight excluding hydrogens is 502 g/mol. The summed E-state index contributed by atoms with van der Waals surface area (Å²) in [6.45, 7) is 5.32. The molecule has 1 heterocycles. The van der Waals surface area contributed by atoms with Crippen LogP contribution in [0.1, 0.15) is 63.7 Å². The third kappa shape index (κ3) is 6.96. The Morgan fingerprint density at radius 1 is 0.974 bits per heavy atom. The molecule has 206 valence electrons. The van der Waals surface area contributed by atoms with Crippen LogP contribution in [0.3, 0.4) is 0 Å². The van der Waals surface area contributed by atoms with Gasteiger partial charge in [0.2, 0.25) is 5.88 Å². The van der Waals surface area contributed by atoms with E-state index >= 15 is 0 Å². The van der Waals surface area contributed by atoms with Crippen LogP contribution in [0.4, 0.5) is 5.69 Å². The molecule has 0 saturated heterocycles. The number of aromatic nitrogens is 1. The number of rotatable bonds is 9. The van der Waals surface area contributed by atoms with Gasteiger partial charge in [-0.3, -0.25) is 9.59 Å². The molecule has 0 aliphatic rings. The Kier molecular flexibility index (Phi) is 9.02. The summed E-state index contributed by atoms with van der Waals surface area (Å²) in [7, 11) is 1.39. The highest BCUT2D eigenvalue weighted by Crippen LogP contribution is 2.30. The van der Waals surface area contributed by atoms with Crippen molar-refractivity contribution in [2.24, 2.45) is 16.9 Å². The zero-order valence-electron chi connectivity index (χ0n) is 22.2. The van der Waals surface area contributed by atoms with Gasteiger partial charge in [0.1, 0.15) is 5.69 Å². The van der Waals surface area contributed by atoms with Gasteiger partial charge in [0.25, 0.3) is 11.8 Å². The van der Waals surface area contributed by atoms with Gasteiger partial charge in [0.05, 0.1) is 31.5 Å². The van der Waals surface area contributed by atoms with E-state index in [-0.39, 0.29) is 40.4 Å². The Morgan fingerprint density at radius 2 is 1.62 bits per heavy atom. The van der Waals surface area contributed by atoms with Gasteiger partial charge in [0.15, 0.2) is 0 Å². The average molecular weight is 536 g/mol. The molecule has 11 nitrogen and oxygen atoms in total. The van der Waals surface area contributed by atoms with Crippen molar-refractivity contribution in [2.45, 2.75) is 33.0 Å². The fourth-order valence-corrected chi connectivity index (χ4v) is 3.80. The molecule has 0 bridgehead atoms. The molecule has 0 aliphatic heterocycles. The van der Waals surface area contributed by atoms with E-state index in [0.29, 0.717) is 11.3 Å². The van der Waals surface area contributed by atoms with Crippen molar-refractivity contribution in [3.8, 4) is 17.0 Å². The molecule has 39 heavy (non-hydrogen) atoms. The molecule has 1 aromatic heterocycles. The number of carbonyl (C=O) groups excluding carboxylic acids is 2. The molecule has 3 rings (SSSR count). The normalized spacial score (nSPS) is 12.1. The van der Waals surface area contributed by atoms with Crippen molar-refractivity contribution >= 4 is 23.5 Å². The molecule has 0 unspecified atom stereocenters. The molecule has 2 aromatic carbocycles. The number of carbonyl (C=O) groups is 3. The number of carboxylic acids is 1. The number of hydrogen-bond donors (Lipinski definition) is 6. The van der Waals surface area contributed by atoms with Crippen LogP contribution in [0.5, 0.6) is 5.88 Å². The number of carboxylic acid groups (broad SMARTS) is 1. The summed E-state index contributed by atoms with van der Waals surface area (Å²) >= 11 is 0. The SMILES string of the molecule is COc1ccc(-c2ccc(C(=O)N[C@H](CO)C(C)(C)C)cc2C(=O)O)c(C(=O)Nc2ccc(C(N)N)cc2)n1. The predicted molar refractivity (Wildman–Crippen MR) is 146 cm³/mol. The second kappa shape index (κ2) is 12.0. The van der Waals surface area contributed by atoms with Crippen molar-refractivity contribution in [3.63, 3.8) is 0 Å². The molecule has 0 radical (unpaired) electrons. The van der Waals surface area contributed by atoms with Crippen LogP contribution in [0.25, 0.3) is 11.1 Å². The first-order valence-electron chi connectivity index (χ1n) is 12.1. The van der Waals surface area contributed by atoms with Crippen molar-refractivity contribution < 1.29 is 29.3 Å². The number of hydrogen-bond acceptors (Lipinski definition) is 8. The minimum Gasteiger partial charge on any atom is -0.481 e. The van der Waals surface area contributed by atoms with E-state index in [9.17, 15) is 24.6 Å². The van der Waals surface area contributed by atoms with Gasteiger partial charge >= 0.3 is 5.97 Å². The molecule has 0 fully saturated rings. The lowest BCUT2D eigenvalue weighted by Crippen LogP contribution is -2.46. The minimum atomic E-state index is -1.30. The summed E-state index contributed by atoms with van der Waals surface area (Å²) in [6.07, 6.45) is -0.663. The standard InChI is InChI=1S/C28H33N5O6/c1-28(2,3)21(14-34)32-25(35)16-7-10-18(20(13-16)27(37)38)19-11-12-22(39-4)33-23(19)26(36)31-17-8-5-15(6-9-17)24(29)30/h5-13,21,24,34H,14,29-30H2,1-4H3,(H,31,36)(H,32,35)(H,37,38)/t21-/m1/s1. The number of aliphatic hydroxyl groups is 1. The number of benzene rings is 2. The van der Waals surface area contributed by atoms with Crippen LogP contribution in [-0.4, -0.2) is 52.7 Å². The van der Waals surface area contributed by atoms with E-state index in [1.807, 2.05) is 20.8 Å². The maximum atomic E-state index is 13.3. The number of aromatic carboxylic acids is 1. The summed E-state index contributed by atoms with van der Waals surface area (Å²) in [4.78, 5) is 42.7. The Hall–Kier alpha value is -4.32. The van der Waals surface area contributed by atoms with Crippen molar-refractivity contribution in [1.29, 1.82) is 0 Å². The zero-order valence-corrected chi connectivity index (χ0v) is 22.2. The van der Waals surface area contributed by atoms with Crippen LogP contribution in [0.2, 0.25) is 0 Å². The van der Waals surface area contributed by atoms with Crippen molar-refractivity contribution in [3.05, 3.63) is 77.0 Å². The van der Waals surface area contributed by atoms with Gasteiger partial charge in [0, 0.05) is 22.9 Å². The zero-order chi connectivity index (χ0) is 28.9. The lowest BCUT2D eigenvalue weighted by Gasteiger charge is -2.29. The maximum absolute atomic E-state index is 13.3. The highest BCUT2D eigenvalue weighted by molar-refractivity contribution is 6.09. The fourth-order valence-electron chi connectivity index (χ4n) is 3.80. The van der Waals surface area contributed by atoms with Gasteiger partial charge < -0.3 is 37.1 Å². The number of methoxy groups -OCH3 is 1. The summed E-state index contributed by atoms with van der Waals surface area (Å²) in [5, 5.41) is 25.1. The number of nitrogens with zero attached hydrogens (tertiary/aromatic N) is 1. The highest BCUT2D eigenvalue weighted by Gasteiger charge is 2.27. The summed E-state index contributed by atoms with van der Waals surface area (Å²) < 4.78 is 5.18. The largest absolute Gasteiger partial charge is 0.481 e. The van der Waals surface area contributed by atoms with Gasteiger partial charge in [-0.05, 0) is 46.9 Å². The Morgan fingerprint density at radius 3 is 2.15 bits per heavy atom. The molecule has 2 amide bonds. The third-order valence-corrected chi connectivity index (χ3v) is 6.18. The summed E-state index contributed by atoms with van der Waals surface area (Å²) in [5.74, 6) is -2.30. The van der Waals surface area contributed by atoms with E-state index in [1.165, 1.54) is 37.4 Å². The van der Waals surface area contributed by atoms with E-state index in [1.54, 1.807) is 24.3 Å². The molecule has 0 aliphatic carbocycles. The van der Waals surface area contributed by atoms with E-state index in [2.05, 4.69) is 15.6 Å². The smallest absolute Gasteiger partial charge is 0.336 e. The number of pyridine rings is 1. The minimum absolute atomic E-state index is 0.0817. The molecule has 1 atom stereocenters. The quantitative estimate of drug-likeness (QED) is 0.224. The average Bonchev–Trinajstić information content (AvgIpc) is 2.90. The van der Waals surface area contributed by atoms with Crippen LogP contribution in [-0.2, 0) is 0 Å². The van der Waals surface area contributed by atoms with Crippen LogP contribution < -0.4 is 26.8 Å². The van der Waals surface area contributed by atoms with Gasteiger partial charge in [-0.25, -0.2) is 9.78 Å². The predicted octanol–water partition coefficient (Wildman–Crippen LogP) is 2.76. The fraction of sp³-hybridized carbons (Fsp3) is 0.286. The first kappa shape index (κ1) is 29.2. The van der Waals surface area contributed by atoms with Gasteiger partial charge in [-0.15, -0.1) is 0 Å². The van der Waals surface area contributed by atoms with E-state index < -0.39 is 35.4 Å². The molecule has 0 saturated carbocycles. The third-order valence-electron chi connectivity index (χ3n) is 6.18. The topological polar surface area (TPSA) is 190 Å². The Labute approximate surface area is 226 Å². The maximum Gasteiger partial charge on any atom is 0.336 e. The van der Waals surface area contributed by atoms with Crippen molar-refractivity contribution in [2.75, 3.05) is 19.0 Å². The molecule has 0 spiro atoms. The number of nitrogens with two attached hydrogens (primary N) is 2. The van der Waals surface area contributed by atoms with Crippen LogP contribution >= 0.6 is 0 Å². The van der Waals surface area contributed by atoms with Crippen LogP contribution in [0.15, 0.2) is 54.6 Å².